The van der Waals surface area contributed by atoms with Gasteiger partial charge in [0.05, 0.1) is 6.10 Å². The van der Waals surface area contributed by atoms with Gasteiger partial charge in [0.15, 0.2) is 0 Å². The zero-order valence-corrected chi connectivity index (χ0v) is 10.9. The van der Waals surface area contributed by atoms with Gasteiger partial charge in [0, 0.05) is 19.2 Å². The molecule has 16 heavy (non-hydrogen) atoms. The highest BCUT2D eigenvalue weighted by molar-refractivity contribution is 6.30. The summed E-state index contributed by atoms with van der Waals surface area (Å²) < 4.78 is 0. The highest BCUT2D eigenvalue weighted by atomic mass is 35.5. The van der Waals surface area contributed by atoms with Crippen molar-refractivity contribution >= 4 is 17.4 Å². The molecule has 4 nitrogen and oxygen atoms in total. The summed E-state index contributed by atoms with van der Waals surface area (Å²) >= 11 is 6.06. The molecule has 1 atom stereocenters. The Morgan fingerprint density at radius 1 is 1.38 bits per heavy atom. The molecule has 0 aliphatic rings. The molecule has 0 spiro atoms. The van der Waals surface area contributed by atoms with E-state index in [4.69, 9.17) is 11.6 Å². The van der Waals surface area contributed by atoms with E-state index >= 15 is 0 Å². The standard InChI is InChI=1S/C11H18ClN3O/c1-7(2)9-10(12)13-6-14-11(9)15(4)5-8(3)16/h6-8,16H,5H2,1-4H3. The number of halogens is 1. The van der Waals surface area contributed by atoms with Crippen LogP contribution in [0.25, 0.3) is 0 Å². The highest BCUT2D eigenvalue weighted by Gasteiger charge is 2.17. The van der Waals surface area contributed by atoms with E-state index in [0.29, 0.717) is 11.7 Å². The molecule has 1 aromatic rings. The molecule has 0 aromatic carbocycles. The average Bonchev–Trinajstić information content (AvgIpc) is 2.15. The van der Waals surface area contributed by atoms with Crippen LogP contribution in [0, 0.1) is 0 Å². The molecule has 0 saturated carbocycles. The summed E-state index contributed by atoms with van der Waals surface area (Å²) in [6.45, 7) is 6.36. The SMILES string of the molecule is CC(O)CN(C)c1ncnc(Cl)c1C(C)C. The first kappa shape index (κ1) is 13.2. The van der Waals surface area contributed by atoms with Gasteiger partial charge in [0.25, 0.3) is 0 Å². The second kappa shape index (κ2) is 5.46. The molecule has 0 bridgehead atoms. The van der Waals surface area contributed by atoms with Gasteiger partial charge in [0.2, 0.25) is 0 Å². The number of hydrogen-bond donors (Lipinski definition) is 1. The Labute approximate surface area is 101 Å². The molecular formula is C11H18ClN3O. The Kier molecular flexibility index (Phi) is 4.50. The number of aliphatic hydroxyl groups excluding tert-OH is 1. The number of likely N-dealkylation sites (N-methyl/N-ethyl adjacent to an activating group) is 1. The third-order valence-electron chi connectivity index (χ3n) is 2.29. The zero-order valence-electron chi connectivity index (χ0n) is 10.1. The molecule has 1 N–H and O–H groups in total. The summed E-state index contributed by atoms with van der Waals surface area (Å²) in [4.78, 5) is 10.1. The smallest absolute Gasteiger partial charge is 0.138 e. The Morgan fingerprint density at radius 3 is 2.50 bits per heavy atom. The second-order valence-electron chi connectivity index (χ2n) is 4.29. The van der Waals surface area contributed by atoms with Crippen LogP contribution in [0.15, 0.2) is 6.33 Å². The van der Waals surface area contributed by atoms with Crippen LogP contribution >= 0.6 is 11.6 Å². The normalized spacial score (nSPS) is 12.9. The van der Waals surface area contributed by atoms with Gasteiger partial charge in [-0.15, -0.1) is 0 Å². The first-order valence-corrected chi connectivity index (χ1v) is 5.70. The van der Waals surface area contributed by atoms with Crippen LogP contribution in [0.3, 0.4) is 0 Å². The Balaban J connectivity index is 3.07. The fourth-order valence-electron chi connectivity index (χ4n) is 1.65. The number of hydrogen-bond acceptors (Lipinski definition) is 4. The quantitative estimate of drug-likeness (QED) is 0.823. The first-order chi connectivity index (χ1) is 7.43. The average molecular weight is 244 g/mol. The van der Waals surface area contributed by atoms with Crippen LogP contribution in [-0.2, 0) is 0 Å². The van der Waals surface area contributed by atoms with Crippen molar-refractivity contribution in [1.29, 1.82) is 0 Å². The summed E-state index contributed by atoms with van der Waals surface area (Å²) in [5, 5.41) is 9.85. The van der Waals surface area contributed by atoms with Crippen LogP contribution < -0.4 is 4.90 Å². The van der Waals surface area contributed by atoms with E-state index in [9.17, 15) is 5.11 Å². The summed E-state index contributed by atoms with van der Waals surface area (Å²) in [6.07, 6.45) is 1.04. The van der Waals surface area contributed by atoms with Crippen LogP contribution in [0.4, 0.5) is 5.82 Å². The van der Waals surface area contributed by atoms with E-state index in [1.807, 2.05) is 25.8 Å². The fourth-order valence-corrected chi connectivity index (χ4v) is 2.00. The fraction of sp³-hybridized carbons (Fsp3) is 0.636. The van der Waals surface area contributed by atoms with E-state index < -0.39 is 6.10 Å². The van der Waals surface area contributed by atoms with Gasteiger partial charge >= 0.3 is 0 Å². The summed E-state index contributed by atoms with van der Waals surface area (Å²) in [5.41, 5.74) is 0.923. The van der Waals surface area contributed by atoms with E-state index in [2.05, 4.69) is 9.97 Å². The topological polar surface area (TPSA) is 49.2 Å². The highest BCUT2D eigenvalue weighted by Crippen LogP contribution is 2.29. The number of anilines is 1. The van der Waals surface area contributed by atoms with Gasteiger partial charge in [-0.05, 0) is 12.8 Å². The second-order valence-corrected chi connectivity index (χ2v) is 4.64. The maximum atomic E-state index is 9.36. The van der Waals surface area contributed by atoms with Crippen molar-refractivity contribution in [3.05, 3.63) is 17.0 Å². The molecule has 0 aliphatic carbocycles. The largest absolute Gasteiger partial charge is 0.392 e. The lowest BCUT2D eigenvalue weighted by Crippen LogP contribution is -2.28. The van der Waals surface area contributed by atoms with E-state index in [0.717, 1.165) is 11.4 Å². The molecular weight excluding hydrogens is 226 g/mol. The molecule has 0 fully saturated rings. The lowest BCUT2D eigenvalue weighted by molar-refractivity contribution is 0.201. The molecule has 0 amide bonds. The molecule has 5 heteroatoms. The lowest BCUT2D eigenvalue weighted by atomic mass is 10.1. The molecule has 0 radical (unpaired) electrons. The third kappa shape index (κ3) is 3.06. The van der Waals surface area contributed by atoms with Crippen molar-refractivity contribution < 1.29 is 5.11 Å². The minimum Gasteiger partial charge on any atom is -0.392 e. The minimum absolute atomic E-state index is 0.250. The van der Waals surface area contributed by atoms with Gasteiger partial charge in [0.1, 0.15) is 17.3 Å². The summed E-state index contributed by atoms with van der Waals surface area (Å²) in [7, 11) is 1.89. The Morgan fingerprint density at radius 2 is 2.00 bits per heavy atom. The predicted molar refractivity (Wildman–Crippen MR) is 66.1 cm³/mol. The maximum absolute atomic E-state index is 9.36. The predicted octanol–water partition coefficient (Wildman–Crippen LogP) is 2.07. The molecule has 0 aliphatic heterocycles. The number of aliphatic hydroxyl groups is 1. The lowest BCUT2D eigenvalue weighted by Gasteiger charge is -2.23. The van der Waals surface area contributed by atoms with Gasteiger partial charge < -0.3 is 10.0 Å². The van der Waals surface area contributed by atoms with Crippen LogP contribution in [0.2, 0.25) is 5.15 Å². The van der Waals surface area contributed by atoms with E-state index in [1.54, 1.807) is 6.92 Å². The zero-order chi connectivity index (χ0) is 12.3. The molecule has 1 rings (SSSR count). The van der Waals surface area contributed by atoms with Gasteiger partial charge in [-0.3, -0.25) is 0 Å². The molecule has 1 unspecified atom stereocenters. The Hall–Kier alpha value is -0.870. The molecule has 1 aromatic heterocycles. The van der Waals surface area contributed by atoms with Crippen LogP contribution in [-0.4, -0.2) is 34.8 Å². The Bertz CT molecular complexity index is 355. The number of aromatic nitrogens is 2. The van der Waals surface area contributed by atoms with Crippen LogP contribution in [0.5, 0.6) is 0 Å². The van der Waals surface area contributed by atoms with Gasteiger partial charge in [-0.2, -0.15) is 0 Å². The number of nitrogens with zero attached hydrogens (tertiary/aromatic N) is 3. The van der Waals surface area contributed by atoms with E-state index in [-0.39, 0.29) is 5.92 Å². The number of rotatable bonds is 4. The third-order valence-corrected chi connectivity index (χ3v) is 2.59. The molecule has 90 valence electrons. The van der Waals surface area contributed by atoms with Crippen molar-refractivity contribution in [2.75, 3.05) is 18.5 Å². The van der Waals surface area contributed by atoms with Crippen molar-refractivity contribution in [2.45, 2.75) is 32.8 Å². The van der Waals surface area contributed by atoms with Crippen LogP contribution in [0.1, 0.15) is 32.3 Å². The van der Waals surface area contributed by atoms with Crippen molar-refractivity contribution in [3.63, 3.8) is 0 Å². The minimum atomic E-state index is -0.404. The maximum Gasteiger partial charge on any atom is 0.138 e. The molecule has 1 heterocycles. The van der Waals surface area contributed by atoms with E-state index in [1.165, 1.54) is 6.33 Å². The van der Waals surface area contributed by atoms with Crippen molar-refractivity contribution in [3.8, 4) is 0 Å². The molecule has 0 saturated heterocycles. The van der Waals surface area contributed by atoms with Crippen molar-refractivity contribution in [1.82, 2.24) is 9.97 Å². The summed E-state index contributed by atoms with van der Waals surface area (Å²) in [6, 6.07) is 0. The summed E-state index contributed by atoms with van der Waals surface area (Å²) in [5.74, 6) is 1.04. The van der Waals surface area contributed by atoms with Gasteiger partial charge in [-0.25, -0.2) is 9.97 Å². The van der Waals surface area contributed by atoms with Crippen molar-refractivity contribution in [2.24, 2.45) is 0 Å². The first-order valence-electron chi connectivity index (χ1n) is 5.33. The monoisotopic (exact) mass is 243 g/mol. The van der Waals surface area contributed by atoms with Gasteiger partial charge in [-0.1, -0.05) is 25.4 Å².